The van der Waals surface area contributed by atoms with Crippen molar-refractivity contribution in [3.05, 3.63) is 46.5 Å². The molecule has 0 unspecified atom stereocenters. The molecular weight excluding hydrogens is 458 g/mol. The molecule has 3 fully saturated rings. The van der Waals surface area contributed by atoms with Crippen molar-refractivity contribution in [2.24, 2.45) is 34.1 Å². The van der Waals surface area contributed by atoms with Crippen LogP contribution >= 0.6 is 15.9 Å². The lowest BCUT2D eigenvalue weighted by Gasteiger charge is -2.48. The number of hydrogen-bond donors (Lipinski definition) is 2. The number of rotatable bonds is 7. The molecule has 166 valence electrons. The molecule has 4 atom stereocenters. The number of allylic oxidation sites excluding steroid dienone is 2. The summed E-state index contributed by atoms with van der Waals surface area (Å²) in [5.74, 6) is -0.940. The highest BCUT2D eigenvalue weighted by Crippen LogP contribution is 2.80. The summed E-state index contributed by atoms with van der Waals surface area (Å²) in [4.78, 5) is 29.2. The SMILES string of the molecule is NC(=O)[C@]1(CCCN2CCOCC2)[C@@H]2C=C[C@@H](C23CC3)[C@@]1(C(N)=O)c1ccc(Br)cc1. The maximum absolute atomic E-state index is 13.4. The van der Waals surface area contributed by atoms with Crippen LogP contribution in [0.1, 0.15) is 31.2 Å². The number of nitrogens with zero attached hydrogens (tertiary/aromatic N) is 1. The number of nitrogens with two attached hydrogens (primary N) is 2. The third-order valence-electron chi connectivity index (χ3n) is 8.54. The van der Waals surface area contributed by atoms with E-state index in [4.69, 9.17) is 16.2 Å². The molecule has 6 nitrogen and oxygen atoms in total. The maximum Gasteiger partial charge on any atom is 0.229 e. The molecule has 1 aromatic carbocycles. The van der Waals surface area contributed by atoms with Crippen LogP contribution < -0.4 is 11.5 Å². The highest BCUT2D eigenvalue weighted by Gasteiger charge is 2.82. The van der Waals surface area contributed by atoms with Gasteiger partial charge in [0.15, 0.2) is 0 Å². The smallest absolute Gasteiger partial charge is 0.229 e. The second-order valence-electron chi connectivity index (χ2n) is 9.65. The van der Waals surface area contributed by atoms with Crippen LogP contribution in [0, 0.1) is 22.7 Å². The van der Waals surface area contributed by atoms with Gasteiger partial charge in [-0.1, -0.05) is 40.2 Å². The first kappa shape index (κ1) is 21.2. The minimum absolute atomic E-state index is 0.0386. The van der Waals surface area contributed by atoms with E-state index in [0.717, 1.165) is 62.1 Å². The monoisotopic (exact) mass is 487 g/mol. The maximum atomic E-state index is 13.4. The van der Waals surface area contributed by atoms with Gasteiger partial charge in [0.05, 0.1) is 24.0 Å². The average molecular weight is 488 g/mol. The molecule has 5 rings (SSSR count). The zero-order chi connectivity index (χ0) is 21.9. The van der Waals surface area contributed by atoms with Gasteiger partial charge in [-0.2, -0.15) is 0 Å². The van der Waals surface area contributed by atoms with Crippen molar-refractivity contribution in [3.8, 4) is 0 Å². The summed E-state index contributed by atoms with van der Waals surface area (Å²) in [7, 11) is 0. The van der Waals surface area contributed by atoms with E-state index in [2.05, 4.69) is 33.0 Å². The van der Waals surface area contributed by atoms with Gasteiger partial charge in [0.25, 0.3) is 0 Å². The number of halogens is 1. The van der Waals surface area contributed by atoms with Crippen LogP contribution in [0.15, 0.2) is 40.9 Å². The quantitative estimate of drug-likeness (QED) is 0.576. The number of carbonyl (C=O) groups excluding carboxylic acids is 2. The number of primary amides is 2. The summed E-state index contributed by atoms with van der Waals surface area (Å²) in [5, 5.41) is 0. The Balaban J connectivity index is 1.59. The minimum atomic E-state index is -1.11. The van der Waals surface area contributed by atoms with E-state index in [1.807, 2.05) is 24.3 Å². The predicted molar refractivity (Wildman–Crippen MR) is 121 cm³/mol. The Bertz CT molecular complexity index is 923. The van der Waals surface area contributed by atoms with Crippen molar-refractivity contribution in [2.45, 2.75) is 31.1 Å². The number of ether oxygens (including phenoxy) is 1. The first-order chi connectivity index (χ1) is 14.9. The molecule has 31 heavy (non-hydrogen) atoms. The molecule has 4 aliphatic rings. The lowest BCUT2D eigenvalue weighted by molar-refractivity contribution is -0.144. The molecule has 3 aliphatic carbocycles. The zero-order valence-electron chi connectivity index (χ0n) is 17.7. The van der Waals surface area contributed by atoms with Crippen molar-refractivity contribution in [2.75, 3.05) is 32.8 Å². The summed E-state index contributed by atoms with van der Waals surface area (Å²) in [5.41, 5.74) is 11.1. The van der Waals surface area contributed by atoms with E-state index in [0.29, 0.717) is 6.42 Å². The van der Waals surface area contributed by atoms with E-state index in [1.54, 1.807) is 0 Å². The highest BCUT2D eigenvalue weighted by atomic mass is 79.9. The van der Waals surface area contributed by atoms with Gasteiger partial charge in [0.1, 0.15) is 0 Å². The van der Waals surface area contributed by atoms with E-state index in [-0.39, 0.29) is 23.2 Å². The van der Waals surface area contributed by atoms with E-state index >= 15 is 0 Å². The zero-order valence-corrected chi connectivity index (χ0v) is 19.3. The molecule has 2 bridgehead atoms. The van der Waals surface area contributed by atoms with Crippen molar-refractivity contribution in [1.82, 2.24) is 4.90 Å². The Kier molecular flexibility index (Phi) is 5.07. The Hall–Kier alpha value is -1.70. The molecule has 1 spiro atoms. The van der Waals surface area contributed by atoms with Gasteiger partial charge in [-0.05, 0) is 61.3 Å². The van der Waals surface area contributed by atoms with Crippen molar-refractivity contribution >= 4 is 27.7 Å². The van der Waals surface area contributed by atoms with Gasteiger partial charge >= 0.3 is 0 Å². The standard InChI is InChI=1S/C24H30BrN3O3/c25-17-4-2-16(3-5-17)24(21(27)30)19-7-6-18(22(19)9-10-22)23(24,20(26)29)8-1-11-28-12-14-31-15-13-28/h2-7,18-19H,1,8-15H2,(H2,26,29)(H2,27,30)/t18-,19+,23+,24-/m1/s1. The van der Waals surface area contributed by atoms with Crippen LogP contribution in [-0.4, -0.2) is 49.6 Å². The Morgan fingerprint density at radius 1 is 1.03 bits per heavy atom. The molecule has 1 aromatic rings. The summed E-state index contributed by atoms with van der Waals surface area (Å²) in [6.07, 6.45) is 7.69. The van der Waals surface area contributed by atoms with Gasteiger partial charge in [-0.3, -0.25) is 14.5 Å². The molecule has 1 aliphatic heterocycles. The Labute approximate surface area is 191 Å². The van der Waals surface area contributed by atoms with Gasteiger partial charge < -0.3 is 16.2 Å². The molecule has 7 heteroatoms. The van der Waals surface area contributed by atoms with E-state index < -0.39 is 16.7 Å². The van der Waals surface area contributed by atoms with E-state index in [1.165, 1.54) is 0 Å². The predicted octanol–water partition coefficient (Wildman–Crippen LogP) is 2.35. The molecule has 1 heterocycles. The lowest BCUT2D eigenvalue weighted by atomic mass is 9.52. The second kappa shape index (κ2) is 7.42. The van der Waals surface area contributed by atoms with E-state index in [9.17, 15) is 9.59 Å². The van der Waals surface area contributed by atoms with Crippen LogP contribution in [0.2, 0.25) is 0 Å². The largest absolute Gasteiger partial charge is 0.379 e. The normalized spacial score (nSPS) is 35.5. The topological polar surface area (TPSA) is 98.7 Å². The minimum Gasteiger partial charge on any atom is -0.379 e. The van der Waals surface area contributed by atoms with Crippen molar-refractivity contribution < 1.29 is 14.3 Å². The third kappa shape index (κ3) is 2.75. The van der Waals surface area contributed by atoms with Crippen LogP contribution in [0.5, 0.6) is 0 Å². The van der Waals surface area contributed by atoms with Gasteiger partial charge in [-0.25, -0.2) is 0 Å². The lowest BCUT2D eigenvalue weighted by Crippen LogP contribution is -2.62. The second-order valence-corrected chi connectivity index (χ2v) is 10.6. The van der Waals surface area contributed by atoms with Crippen molar-refractivity contribution in [1.29, 1.82) is 0 Å². The summed E-state index contributed by atoms with van der Waals surface area (Å²) in [6, 6.07) is 7.74. The first-order valence-corrected chi connectivity index (χ1v) is 12.0. The van der Waals surface area contributed by atoms with Crippen LogP contribution in [0.4, 0.5) is 0 Å². The van der Waals surface area contributed by atoms with Crippen LogP contribution in [0.25, 0.3) is 0 Å². The molecule has 1 saturated heterocycles. The highest BCUT2D eigenvalue weighted by molar-refractivity contribution is 9.10. The number of hydrogen-bond acceptors (Lipinski definition) is 4. The molecule has 0 radical (unpaired) electrons. The third-order valence-corrected chi connectivity index (χ3v) is 9.07. The Morgan fingerprint density at radius 3 is 2.26 bits per heavy atom. The first-order valence-electron chi connectivity index (χ1n) is 11.2. The van der Waals surface area contributed by atoms with Gasteiger partial charge in [-0.15, -0.1) is 0 Å². The fourth-order valence-electron chi connectivity index (χ4n) is 7.21. The molecule has 2 amide bonds. The summed E-state index contributed by atoms with van der Waals surface area (Å²) in [6.45, 7) is 4.13. The number of carbonyl (C=O) groups is 2. The number of amides is 2. The fraction of sp³-hybridized carbons (Fsp3) is 0.583. The van der Waals surface area contributed by atoms with Crippen LogP contribution in [-0.2, 0) is 19.7 Å². The van der Waals surface area contributed by atoms with Gasteiger partial charge in [0.2, 0.25) is 11.8 Å². The average Bonchev–Trinajstić information content (AvgIpc) is 3.42. The number of benzene rings is 1. The molecule has 4 N–H and O–H groups in total. The molecular formula is C24H30BrN3O3. The molecule has 2 saturated carbocycles. The summed E-state index contributed by atoms with van der Waals surface area (Å²) < 4.78 is 6.38. The summed E-state index contributed by atoms with van der Waals surface area (Å²) >= 11 is 3.49. The van der Waals surface area contributed by atoms with Gasteiger partial charge in [0, 0.05) is 23.5 Å². The number of morpholine rings is 1. The van der Waals surface area contributed by atoms with Crippen molar-refractivity contribution in [3.63, 3.8) is 0 Å². The molecule has 0 aromatic heterocycles. The van der Waals surface area contributed by atoms with Crippen LogP contribution in [0.3, 0.4) is 0 Å². The fourth-order valence-corrected chi connectivity index (χ4v) is 7.48. The Morgan fingerprint density at radius 2 is 1.68 bits per heavy atom.